The van der Waals surface area contributed by atoms with Crippen LogP contribution >= 0.6 is 12.2 Å². The summed E-state index contributed by atoms with van der Waals surface area (Å²) in [7, 11) is 1.56. The summed E-state index contributed by atoms with van der Waals surface area (Å²) in [6, 6.07) is 7.29. The molecule has 0 saturated carbocycles. The molecule has 1 radical (unpaired) electrons. The maximum atomic E-state index is 10.5. The van der Waals surface area contributed by atoms with Crippen LogP contribution in [0.3, 0.4) is 0 Å². The number of thiocarbonyl (C=S) groups is 1. The topological polar surface area (TPSA) is 62.4 Å². The van der Waals surface area contributed by atoms with Gasteiger partial charge in [-0.3, -0.25) is 15.6 Å². The van der Waals surface area contributed by atoms with Crippen molar-refractivity contribution >= 4 is 28.9 Å². The zero-order valence-electron chi connectivity index (χ0n) is 8.74. The molecular formula is C10H12N3O2S. The summed E-state index contributed by atoms with van der Waals surface area (Å²) in [5.41, 5.74) is 5.45. The van der Waals surface area contributed by atoms with Crippen LogP contribution in [0.15, 0.2) is 24.3 Å². The Morgan fingerprint density at radius 1 is 1.38 bits per heavy atom. The average molecular weight is 238 g/mol. The molecule has 1 rings (SSSR count). The second-order valence-corrected chi connectivity index (χ2v) is 3.24. The van der Waals surface area contributed by atoms with Crippen molar-refractivity contribution in [1.82, 2.24) is 10.9 Å². The molecule has 0 bridgehead atoms. The van der Waals surface area contributed by atoms with Crippen molar-refractivity contribution in [2.75, 3.05) is 12.4 Å². The summed E-state index contributed by atoms with van der Waals surface area (Å²) < 4.78 is 5.12. The molecule has 85 valence electrons. The zero-order valence-corrected chi connectivity index (χ0v) is 9.56. The smallest absolute Gasteiger partial charge is 0.238 e. The lowest BCUT2D eigenvalue weighted by molar-refractivity contribution is -0.117. The number of carbonyl (C=O) groups is 1. The molecule has 1 aromatic carbocycles. The maximum Gasteiger partial charge on any atom is 0.238 e. The maximum absolute atomic E-state index is 10.5. The molecule has 3 N–H and O–H groups in total. The van der Waals surface area contributed by atoms with Crippen molar-refractivity contribution in [2.45, 2.75) is 0 Å². The Bertz CT molecular complexity index is 395. The van der Waals surface area contributed by atoms with Crippen LogP contribution in [0.25, 0.3) is 0 Å². The van der Waals surface area contributed by atoms with Gasteiger partial charge in [-0.2, -0.15) is 0 Å². The van der Waals surface area contributed by atoms with Crippen LogP contribution in [-0.4, -0.2) is 18.1 Å². The van der Waals surface area contributed by atoms with E-state index in [4.69, 9.17) is 17.0 Å². The third-order valence-corrected chi connectivity index (χ3v) is 1.87. The predicted molar refractivity (Wildman–Crippen MR) is 65.9 cm³/mol. The third-order valence-electron chi connectivity index (χ3n) is 1.67. The van der Waals surface area contributed by atoms with Crippen LogP contribution in [0.2, 0.25) is 0 Å². The number of amides is 1. The predicted octanol–water partition coefficient (Wildman–Crippen LogP) is 0.847. The Kier molecular flexibility index (Phi) is 4.53. The van der Waals surface area contributed by atoms with Gasteiger partial charge in [-0.05, 0) is 24.4 Å². The molecule has 0 fully saturated rings. The number of para-hydroxylation sites is 2. The summed E-state index contributed by atoms with van der Waals surface area (Å²) in [4.78, 5) is 10.5. The lowest BCUT2D eigenvalue weighted by Gasteiger charge is -2.12. The largest absolute Gasteiger partial charge is 0.495 e. The monoisotopic (exact) mass is 238 g/mol. The van der Waals surface area contributed by atoms with Gasteiger partial charge in [-0.15, -0.1) is 0 Å². The van der Waals surface area contributed by atoms with Crippen molar-refractivity contribution in [3.63, 3.8) is 0 Å². The van der Waals surface area contributed by atoms with Crippen molar-refractivity contribution in [3.8, 4) is 5.75 Å². The molecule has 0 unspecified atom stereocenters. The highest BCUT2D eigenvalue weighted by Gasteiger charge is 2.03. The summed E-state index contributed by atoms with van der Waals surface area (Å²) >= 11 is 4.94. The second-order valence-electron chi connectivity index (χ2n) is 2.83. The van der Waals surface area contributed by atoms with Gasteiger partial charge in [0.1, 0.15) is 5.75 Å². The fraction of sp³-hybridized carbons (Fsp3) is 0.100. The second kappa shape index (κ2) is 5.92. The van der Waals surface area contributed by atoms with Crippen LogP contribution < -0.4 is 20.9 Å². The molecule has 16 heavy (non-hydrogen) atoms. The number of benzene rings is 1. The van der Waals surface area contributed by atoms with Gasteiger partial charge >= 0.3 is 0 Å². The van der Waals surface area contributed by atoms with Gasteiger partial charge in [0.15, 0.2) is 5.11 Å². The van der Waals surface area contributed by atoms with Crippen molar-refractivity contribution < 1.29 is 9.53 Å². The van der Waals surface area contributed by atoms with Crippen molar-refractivity contribution in [3.05, 3.63) is 31.2 Å². The highest BCUT2D eigenvalue weighted by atomic mass is 32.1. The summed E-state index contributed by atoms with van der Waals surface area (Å²) in [5.74, 6) is 0.191. The molecule has 0 atom stereocenters. The number of hydrogen-bond donors (Lipinski definition) is 3. The van der Waals surface area contributed by atoms with Crippen LogP contribution in [-0.2, 0) is 4.79 Å². The van der Waals surface area contributed by atoms with Gasteiger partial charge in [0.25, 0.3) is 0 Å². The zero-order chi connectivity index (χ0) is 12.0. The van der Waals surface area contributed by atoms with E-state index in [1.54, 1.807) is 19.2 Å². The van der Waals surface area contributed by atoms with E-state index in [1.807, 2.05) is 12.1 Å². The van der Waals surface area contributed by atoms with Gasteiger partial charge < -0.3 is 10.1 Å². The SMILES string of the molecule is [CH2]C(=O)NNC(=S)Nc1ccccc1OC. The summed E-state index contributed by atoms with van der Waals surface area (Å²) in [6.45, 7) is 3.13. The fourth-order valence-corrected chi connectivity index (χ4v) is 1.19. The van der Waals surface area contributed by atoms with Crippen LogP contribution in [0.5, 0.6) is 5.75 Å². The molecule has 1 amide bonds. The first-order valence-electron chi connectivity index (χ1n) is 4.45. The molecule has 0 aliphatic carbocycles. The molecule has 0 aliphatic rings. The molecule has 0 aromatic heterocycles. The Morgan fingerprint density at radius 2 is 2.06 bits per heavy atom. The van der Waals surface area contributed by atoms with E-state index in [1.165, 1.54) is 0 Å². The highest BCUT2D eigenvalue weighted by Crippen LogP contribution is 2.22. The minimum Gasteiger partial charge on any atom is -0.495 e. The first-order chi connectivity index (χ1) is 7.63. The molecule has 0 saturated heterocycles. The Labute approximate surface area is 99.1 Å². The number of hydrogen-bond acceptors (Lipinski definition) is 3. The molecular weight excluding hydrogens is 226 g/mol. The Hall–Kier alpha value is -1.82. The molecule has 0 heterocycles. The Morgan fingerprint density at radius 3 is 2.69 bits per heavy atom. The molecule has 0 spiro atoms. The quantitative estimate of drug-likeness (QED) is 0.526. The van der Waals surface area contributed by atoms with E-state index in [2.05, 4.69) is 23.1 Å². The van der Waals surface area contributed by atoms with Crippen LogP contribution in [0.1, 0.15) is 0 Å². The summed E-state index contributed by atoms with van der Waals surface area (Å²) in [5, 5.41) is 3.12. The van der Waals surface area contributed by atoms with E-state index in [0.717, 1.165) is 0 Å². The molecule has 6 heteroatoms. The third kappa shape index (κ3) is 3.74. The van der Waals surface area contributed by atoms with E-state index in [9.17, 15) is 4.79 Å². The number of methoxy groups -OCH3 is 1. The fourth-order valence-electron chi connectivity index (χ4n) is 1.03. The minimum atomic E-state index is -0.468. The van der Waals surface area contributed by atoms with E-state index < -0.39 is 5.91 Å². The van der Waals surface area contributed by atoms with Crippen molar-refractivity contribution in [1.29, 1.82) is 0 Å². The molecule has 5 nitrogen and oxygen atoms in total. The van der Waals surface area contributed by atoms with Gasteiger partial charge in [0.2, 0.25) is 5.91 Å². The van der Waals surface area contributed by atoms with Crippen molar-refractivity contribution in [2.24, 2.45) is 0 Å². The molecule has 0 aliphatic heterocycles. The van der Waals surface area contributed by atoms with Gasteiger partial charge in [0.05, 0.1) is 12.8 Å². The lowest BCUT2D eigenvalue weighted by atomic mass is 10.3. The molecule has 1 aromatic rings. The Balaban J connectivity index is 2.58. The highest BCUT2D eigenvalue weighted by molar-refractivity contribution is 7.80. The summed E-state index contributed by atoms with van der Waals surface area (Å²) in [6.07, 6.45) is 0. The first-order valence-corrected chi connectivity index (χ1v) is 4.86. The van der Waals surface area contributed by atoms with Gasteiger partial charge in [-0.1, -0.05) is 12.1 Å². The minimum absolute atomic E-state index is 0.251. The number of ether oxygens (including phenoxy) is 1. The number of anilines is 1. The van der Waals surface area contributed by atoms with E-state index in [0.29, 0.717) is 11.4 Å². The number of hydrazine groups is 1. The van der Waals surface area contributed by atoms with Gasteiger partial charge in [0, 0.05) is 6.92 Å². The standard InChI is InChI=1S/C10H12N3O2S/c1-7(14)12-13-10(16)11-8-5-3-4-6-9(8)15-2/h3-6H,1H2,2H3,(H,12,14)(H2,11,13,16). The number of carbonyl (C=O) groups excluding carboxylic acids is 1. The van der Waals surface area contributed by atoms with E-state index in [-0.39, 0.29) is 5.11 Å². The average Bonchev–Trinajstić information content (AvgIpc) is 2.27. The number of rotatable bonds is 2. The van der Waals surface area contributed by atoms with Crippen LogP contribution in [0.4, 0.5) is 5.69 Å². The van der Waals surface area contributed by atoms with Crippen LogP contribution in [0, 0.1) is 6.92 Å². The van der Waals surface area contributed by atoms with Gasteiger partial charge in [-0.25, -0.2) is 0 Å². The van der Waals surface area contributed by atoms with E-state index >= 15 is 0 Å². The lowest BCUT2D eigenvalue weighted by Crippen LogP contribution is -2.42. The number of nitrogens with one attached hydrogen (secondary N) is 3. The normalized spacial score (nSPS) is 9.12. The first kappa shape index (κ1) is 12.3.